The molecule has 1 saturated carbocycles. The average molecular weight is 656 g/mol. The molecule has 0 saturated heterocycles. The van der Waals surface area contributed by atoms with Gasteiger partial charge in [0.15, 0.2) is 0 Å². The predicted molar refractivity (Wildman–Crippen MR) is 218 cm³/mol. The van der Waals surface area contributed by atoms with Crippen LogP contribution in [-0.2, 0) is 0 Å². The molecule has 0 aliphatic heterocycles. The second-order valence-corrected chi connectivity index (χ2v) is 14.1. The molecule has 0 heterocycles. The number of anilines is 3. The largest absolute Gasteiger partial charge is 0.311 e. The standard InChI is InChI=1S/C50H41N/c1-3-9-36(10-4-1)39-21-27-48(28-22-39)51(49-29-23-40(24-30-49)37-11-5-2-6-12-37)50-31-25-41(26-32-50)43-17-18-46-35-47(20-19-45(46)34-43)44-16-15-38-13-7-8-14-42(38)33-44/h1,3-4,7-10,13-35,37H,2,5-6,11-12H2. The Morgan fingerprint density at radius 3 is 1.27 bits per heavy atom. The van der Waals surface area contributed by atoms with Crippen LogP contribution in [0.3, 0.4) is 0 Å². The number of fused-ring (bicyclic) bond motifs is 2. The van der Waals surface area contributed by atoms with E-state index in [-0.39, 0.29) is 0 Å². The van der Waals surface area contributed by atoms with E-state index >= 15 is 0 Å². The van der Waals surface area contributed by atoms with Crippen molar-refractivity contribution in [2.45, 2.75) is 38.0 Å². The first-order valence-corrected chi connectivity index (χ1v) is 18.4. The molecule has 246 valence electrons. The van der Waals surface area contributed by atoms with E-state index in [0.717, 1.165) is 11.4 Å². The van der Waals surface area contributed by atoms with Crippen LogP contribution in [0, 0.1) is 0 Å². The third-order valence-corrected chi connectivity index (χ3v) is 10.8. The van der Waals surface area contributed by atoms with E-state index in [0.29, 0.717) is 5.92 Å². The molecular formula is C50H41N. The van der Waals surface area contributed by atoms with Gasteiger partial charge in [0.25, 0.3) is 0 Å². The van der Waals surface area contributed by atoms with Gasteiger partial charge < -0.3 is 4.90 Å². The first kappa shape index (κ1) is 31.1. The van der Waals surface area contributed by atoms with Crippen molar-refractivity contribution in [2.75, 3.05) is 4.90 Å². The van der Waals surface area contributed by atoms with Crippen molar-refractivity contribution in [1.82, 2.24) is 0 Å². The summed E-state index contributed by atoms with van der Waals surface area (Å²) in [6.45, 7) is 0. The molecule has 1 heteroatoms. The molecule has 0 atom stereocenters. The monoisotopic (exact) mass is 655 g/mol. The maximum Gasteiger partial charge on any atom is 0.0462 e. The van der Waals surface area contributed by atoms with Gasteiger partial charge in [0, 0.05) is 17.1 Å². The molecule has 0 aromatic heterocycles. The zero-order valence-electron chi connectivity index (χ0n) is 28.9. The zero-order chi connectivity index (χ0) is 34.0. The predicted octanol–water partition coefficient (Wildman–Crippen LogP) is 14.5. The summed E-state index contributed by atoms with van der Waals surface area (Å²) in [5.74, 6) is 0.693. The average Bonchev–Trinajstić information content (AvgIpc) is 3.22. The van der Waals surface area contributed by atoms with Crippen molar-refractivity contribution in [3.63, 3.8) is 0 Å². The SMILES string of the molecule is c1ccc(-c2ccc(N(c3ccc(-c4ccc5cc(-c6ccc7ccccc7c6)ccc5c4)cc3)c3ccc(C4CCCCC4)cc3)cc2)cc1. The second kappa shape index (κ2) is 13.8. The smallest absolute Gasteiger partial charge is 0.0462 e. The third kappa shape index (κ3) is 6.44. The highest BCUT2D eigenvalue weighted by molar-refractivity contribution is 5.93. The number of benzene rings is 8. The van der Waals surface area contributed by atoms with E-state index in [2.05, 4.69) is 187 Å². The summed E-state index contributed by atoms with van der Waals surface area (Å²) in [6.07, 6.45) is 6.70. The Morgan fingerprint density at radius 2 is 0.706 bits per heavy atom. The highest BCUT2D eigenvalue weighted by atomic mass is 15.1. The molecule has 0 unspecified atom stereocenters. The van der Waals surface area contributed by atoms with Crippen molar-refractivity contribution in [3.05, 3.63) is 188 Å². The Morgan fingerprint density at radius 1 is 0.314 bits per heavy atom. The van der Waals surface area contributed by atoms with Gasteiger partial charge in [0.1, 0.15) is 0 Å². The fourth-order valence-electron chi connectivity index (χ4n) is 7.99. The molecule has 0 amide bonds. The molecule has 9 rings (SSSR count). The Labute approximate surface area is 301 Å². The van der Waals surface area contributed by atoms with E-state index in [1.807, 2.05) is 0 Å². The zero-order valence-corrected chi connectivity index (χ0v) is 28.9. The van der Waals surface area contributed by atoms with Crippen LogP contribution >= 0.6 is 0 Å². The van der Waals surface area contributed by atoms with Gasteiger partial charge in [0.2, 0.25) is 0 Å². The number of hydrogen-bond acceptors (Lipinski definition) is 1. The topological polar surface area (TPSA) is 3.24 Å². The van der Waals surface area contributed by atoms with Gasteiger partial charge in [-0.15, -0.1) is 0 Å². The summed E-state index contributed by atoms with van der Waals surface area (Å²) in [5.41, 5.74) is 12.4. The Kier molecular flexibility index (Phi) is 8.39. The molecule has 51 heavy (non-hydrogen) atoms. The summed E-state index contributed by atoms with van der Waals surface area (Å²) >= 11 is 0. The van der Waals surface area contributed by atoms with Crippen molar-refractivity contribution in [3.8, 4) is 33.4 Å². The highest BCUT2D eigenvalue weighted by Gasteiger charge is 2.18. The van der Waals surface area contributed by atoms with Crippen LogP contribution in [0.5, 0.6) is 0 Å². The summed E-state index contributed by atoms with van der Waals surface area (Å²) < 4.78 is 0. The number of nitrogens with zero attached hydrogens (tertiary/aromatic N) is 1. The van der Waals surface area contributed by atoms with Gasteiger partial charge in [-0.25, -0.2) is 0 Å². The van der Waals surface area contributed by atoms with Gasteiger partial charge in [-0.2, -0.15) is 0 Å². The fourth-order valence-corrected chi connectivity index (χ4v) is 7.99. The maximum atomic E-state index is 2.39. The number of rotatable bonds is 7. The summed E-state index contributed by atoms with van der Waals surface area (Å²) in [6, 6.07) is 67.0. The molecular weight excluding hydrogens is 615 g/mol. The Hall–Kier alpha value is -5.92. The molecule has 1 nitrogen and oxygen atoms in total. The molecule has 1 aliphatic carbocycles. The molecule has 0 radical (unpaired) electrons. The molecule has 1 fully saturated rings. The summed E-state index contributed by atoms with van der Waals surface area (Å²) in [4.78, 5) is 2.39. The first-order valence-electron chi connectivity index (χ1n) is 18.4. The highest BCUT2D eigenvalue weighted by Crippen LogP contribution is 2.39. The van der Waals surface area contributed by atoms with Crippen LogP contribution in [0.25, 0.3) is 54.9 Å². The van der Waals surface area contributed by atoms with Gasteiger partial charge >= 0.3 is 0 Å². The summed E-state index contributed by atoms with van der Waals surface area (Å²) in [5, 5.41) is 5.05. The van der Waals surface area contributed by atoms with Crippen LogP contribution in [-0.4, -0.2) is 0 Å². The van der Waals surface area contributed by atoms with E-state index in [4.69, 9.17) is 0 Å². The maximum absolute atomic E-state index is 2.39. The van der Waals surface area contributed by atoms with Crippen LogP contribution in [0.1, 0.15) is 43.6 Å². The van der Waals surface area contributed by atoms with Crippen molar-refractivity contribution >= 4 is 38.6 Å². The molecule has 0 bridgehead atoms. The van der Waals surface area contributed by atoms with Crippen LogP contribution < -0.4 is 4.90 Å². The normalized spacial score (nSPS) is 13.4. The Balaban J connectivity index is 1.02. The third-order valence-electron chi connectivity index (χ3n) is 10.8. The van der Waals surface area contributed by atoms with Gasteiger partial charge in [-0.3, -0.25) is 0 Å². The first-order chi connectivity index (χ1) is 25.2. The van der Waals surface area contributed by atoms with Crippen LogP contribution in [0.2, 0.25) is 0 Å². The van der Waals surface area contributed by atoms with Crippen molar-refractivity contribution < 1.29 is 0 Å². The van der Waals surface area contributed by atoms with E-state index < -0.39 is 0 Å². The minimum Gasteiger partial charge on any atom is -0.311 e. The lowest BCUT2D eigenvalue weighted by molar-refractivity contribution is 0.443. The lowest BCUT2D eigenvalue weighted by Gasteiger charge is -2.27. The van der Waals surface area contributed by atoms with Crippen LogP contribution in [0.15, 0.2) is 182 Å². The van der Waals surface area contributed by atoms with Crippen molar-refractivity contribution in [1.29, 1.82) is 0 Å². The van der Waals surface area contributed by atoms with Crippen LogP contribution in [0.4, 0.5) is 17.1 Å². The fraction of sp³-hybridized carbons (Fsp3) is 0.120. The lowest BCUT2D eigenvalue weighted by atomic mass is 9.84. The van der Waals surface area contributed by atoms with Gasteiger partial charge in [-0.1, -0.05) is 147 Å². The minimum absolute atomic E-state index is 0.693. The molecule has 8 aromatic rings. The molecule has 1 aliphatic rings. The number of hydrogen-bond donors (Lipinski definition) is 0. The molecule has 8 aromatic carbocycles. The molecule has 0 spiro atoms. The Bertz CT molecular complexity index is 2420. The molecule has 0 N–H and O–H groups in total. The van der Waals surface area contributed by atoms with E-state index in [1.165, 1.54) is 98.3 Å². The quantitative estimate of drug-likeness (QED) is 0.165. The summed E-state index contributed by atoms with van der Waals surface area (Å²) in [7, 11) is 0. The second-order valence-electron chi connectivity index (χ2n) is 14.1. The lowest BCUT2D eigenvalue weighted by Crippen LogP contribution is -2.10. The van der Waals surface area contributed by atoms with Gasteiger partial charge in [-0.05, 0) is 134 Å². The van der Waals surface area contributed by atoms with E-state index in [9.17, 15) is 0 Å². The van der Waals surface area contributed by atoms with Crippen molar-refractivity contribution in [2.24, 2.45) is 0 Å². The minimum atomic E-state index is 0.693. The van der Waals surface area contributed by atoms with Gasteiger partial charge in [0.05, 0.1) is 0 Å². The van der Waals surface area contributed by atoms with E-state index in [1.54, 1.807) is 0 Å².